The number of benzene rings is 2. The second-order valence-electron chi connectivity index (χ2n) is 3.60. The molecule has 2 aromatic carbocycles. The minimum atomic E-state index is -0.914. The van der Waals surface area contributed by atoms with Gasteiger partial charge in [0, 0.05) is 0 Å². The van der Waals surface area contributed by atoms with E-state index in [1.807, 2.05) is 60.7 Å². The first-order valence-electron chi connectivity index (χ1n) is 4.90. The van der Waals surface area contributed by atoms with Crippen LogP contribution in [0.25, 0.3) is 0 Å². The second kappa shape index (κ2) is 7.17. The normalized spacial score (nSPS) is 10.0. The Labute approximate surface area is 130 Å². The van der Waals surface area contributed by atoms with Gasteiger partial charge in [0.2, 0.25) is 0 Å². The maximum absolute atomic E-state index is 6.14. The smallest absolute Gasteiger partial charge is 1.00 e. The predicted octanol–water partition coefficient (Wildman–Crippen LogP) is -4.19. The summed E-state index contributed by atoms with van der Waals surface area (Å²) in [5, 5.41) is 0. The molecule has 17 heavy (non-hydrogen) atoms. The quantitative estimate of drug-likeness (QED) is 0.423. The van der Waals surface area contributed by atoms with Gasteiger partial charge in [-0.1, -0.05) is 60.7 Å². The molecule has 0 atom stereocenters. The van der Waals surface area contributed by atoms with Gasteiger partial charge in [0.05, 0.1) is 0 Å². The number of halogens is 1. The topological polar surface area (TPSA) is 52.0 Å². The molecule has 2 aromatic rings. The maximum Gasteiger partial charge on any atom is 1.00 e. The Kier molecular flexibility index (Phi) is 7.02. The number of nitrogens with two attached hydrogens (primary N) is 2. The van der Waals surface area contributed by atoms with E-state index in [-0.39, 0.29) is 42.0 Å². The van der Waals surface area contributed by atoms with Gasteiger partial charge in [0.15, 0.2) is 0 Å². The van der Waals surface area contributed by atoms with Gasteiger partial charge in [-0.2, -0.15) is 0 Å². The molecule has 0 fully saturated rings. The Balaban J connectivity index is 0.00000128. The van der Waals surface area contributed by atoms with Crippen LogP contribution in [0.4, 0.5) is 0 Å². The average Bonchev–Trinajstić information content (AvgIpc) is 2.31. The third-order valence-corrected chi connectivity index (χ3v) is 2.50. The first kappa shape index (κ1) is 16.6. The molecule has 0 aliphatic carbocycles. The minimum absolute atomic E-state index is 0. The average molecular weight is 257 g/mol. The van der Waals surface area contributed by atoms with E-state index < -0.39 is 5.66 Å². The summed E-state index contributed by atoms with van der Waals surface area (Å²) in [5.74, 6) is 0. The van der Waals surface area contributed by atoms with E-state index in [0.717, 1.165) is 11.1 Å². The van der Waals surface area contributed by atoms with Crippen LogP contribution in [0.3, 0.4) is 0 Å². The van der Waals surface area contributed by atoms with Crippen LogP contribution in [0.1, 0.15) is 11.1 Å². The molecule has 0 bridgehead atoms. The molecular formula is C13H14ClN2Na. The molecular weight excluding hydrogens is 243 g/mol. The van der Waals surface area contributed by atoms with E-state index in [1.165, 1.54) is 0 Å². The van der Waals surface area contributed by atoms with E-state index in [4.69, 9.17) is 11.5 Å². The van der Waals surface area contributed by atoms with Crippen LogP contribution in [0.5, 0.6) is 0 Å². The van der Waals surface area contributed by atoms with Crippen LogP contribution in [-0.2, 0) is 5.66 Å². The van der Waals surface area contributed by atoms with Gasteiger partial charge in [-0.05, 0) is 11.1 Å². The van der Waals surface area contributed by atoms with Crippen molar-refractivity contribution in [2.24, 2.45) is 11.5 Å². The molecule has 4 heteroatoms. The number of hydrogen-bond donors (Lipinski definition) is 2. The van der Waals surface area contributed by atoms with Crippen molar-refractivity contribution in [3.63, 3.8) is 0 Å². The third kappa shape index (κ3) is 3.81. The zero-order valence-electron chi connectivity index (χ0n) is 9.81. The summed E-state index contributed by atoms with van der Waals surface area (Å²) in [6, 6.07) is 19.4. The maximum atomic E-state index is 6.14. The Bertz CT molecular complexity index is 390. The van der Waals surface area contributed by atoms with Gasteiger partial charge in [0.25, 0.3) is 0 Å². The fraction of sp³-hybridized carbons (Fsp3) is 0.0769. The molecule has 0 unspecified atom stereocenters. The molecule has 0 spiro atoms. The van der Waals surface area contributed by atoms with Crippen LogP contribution in [0.2, 0.25) is 0 Å². The van der Waals surface area contributed by atoms with Crippen molar-refractivity contribution >= 4 is 0 Å². The molecule has 0 aliphatic heterocycles. The van der Waals surface area contributed by atoms with Gasteiger partial charge in [-0.15, -0.1) is 0 Å². The van der Waals surface area contributed by atoms with E-state index >= 15 is 0 Å². The van der Waals surface area contributed by atoms with E-state index in [9.17, 15) is 0 Å². The van der Waals surface area contributed by atoms with Crippen LogP contribution in [0, 0.1) is 0 Å². The fourth-order valence-electron chi connectivity index (χ4n) is 1.59. The molecule has 0 saturated heterocycles. The molecule has 2 nitrogen and oxygen atoms in total. The van der Waals surface area contributed by atoms with Crippen molar-refractivity contribution in [1.82, 2.24) is 0 Å². The summed E-state index contributed by atoms with van der Waals surface area (Å²) >= 11 is 0. The van der Waals surface area contributed by atoms with Crippen LogP contribution >= 0.6 is 0 Å². The Morgan fingerprint density at radius 1 is 0.647 bits per heavy atom. The van der Waals surface area contributed by atoms with Crippen molar-refractivity contribution < 1.29 is 42.0 Å². The minimum Gasteiger partial charge on any atom is -1.00 e. The third-order valence-electron chi connectivity index (χ3n) is 2.50. The molecule has 0 aromatic heterocycles. The molecule has 4 N–H and O–H groups in total. The van der Waals surface area contributed by atoms with Gasteiger partial charge < -0.3 is 23.9 Å². The Morgan fingerprint density at radius 2 is 0.941 bits per heavy atom. The van der Waals surface area contributed by atoms with Crippen LogP contribution < -0.4 is 53.4 Å². The largest absolute Gasteiger partial charge is 1.00 e. The molecule has 0 heterocycles. The monoisotopic (exact) mass is 256 g/mol. The van der Waals surface area contributed by atoms with E-state index in [0.29, 0.717) is 0 Å². The van der Waals surface area contributed by atoms with E-state index in [1.54, 1.807) is 0 Å². The summed E-state index contributed by atoms with van der Waals surface area (Å²) in [6.07, 6.45) is 0. The van der Waals surface area contributed by atoms with Crippen LogP contribution in [0.15, 0.2) is 60.7 Å². The zero-order chi connectivity index (χ0) is 10.7. The predicted molar refractivity (Wildman–Crippen MR) is 62.0 cm³/mol. The summed E-state index contributed by atoms with van der Waals surface area (Å²) in [6.45, 7) is 0. The molecule has 2 rings (SSSR count). The standard InChI is InChI=1S/C13H14N2.ClH.Na/c14-13(15,11-7-3-1-4-8-11)12-9-5-2-6-10-12;;/h1-10H,14-15H2;1H;/q;;+1/p-1. The van der Waals surface area contributed by atoms with Gasteiger partial charge >= 0.3 is 29.6 Å². The summed E-state index contributed by atoms with van der Waals surface area (Å²) < 4.78 is 0. The van der Waals surface area contributed by atoms with E-state index in [2.05, 4.69) is 0 Å². The first-order valence-corrected chi connectivity index (χ1v) is 4.90. The SMILES string of the molecule is NC(N)(c1ccccc1)c1ccccc1.[Cl-].[Na+]. The Morgan fingerprint density at radius 3 is 1.24 bits per heavy atom. The summed E-state index contributed by atoms with van der Waals surface area (Å²) in [7, 11) is 0. The van der Waals surface area contributed by atoms with Crippen LogP contribution in [-0.4, -0.2) is 0 Å². The molecule has 0 saturated carbocycles. The van der Waals surface area contributed by atoms with Gasteiger partial charge in [0.1, 0.15) is 5.66 Å². The van der Waals surface area contributed by atoms with Gasteiger partial charge in [-0.3, -0.25) is 0 Å². The van der Waals surface area contributed by atoms with Crippen molar-refractivity contribution in [2.75, 3.05) is 0 Å². The Hall–Kier alpha value is -0.350. The summed E-state index contributed by atoms with van der Waals surface area (Å²) in [5.41, 5.74) is 13.2. The van der Waals surface area contributed by atoms with Crippen molar-refractivity contribution in [3.8, 4) is 0 Å². The van der Waals surface area contributed by atoms with Gasteiger partial charge in [-0.25, -0.2) is 0 Å². The van der Waals surface area contributed by atoms with Crippen molar-refractivity contribution in [3.05, 3.63) is 71.8 Å². The first-order chi connectivity index (χ1) is 7.21. The fourth-order valence-corrected chi connectivity index (χ4v) is 1.59. The summed E-state index contributed by atoms with van der Waals surface area (Å²) in [4.78, 5) is 0. The molecule has 0 amide bonds. The zero-order valence-corrected chi connectivity index (χ0v) is 12.6. The molecule has 84 valence electrons. The van der Waals surface area contributed by atoms with Crippen molar-refractivity contribution in [2.45, 2.75) is 5.66 Å². The second-order valence-corrected chi connectivity index (χ2v) is 3.60. The number of hydrogen-bond acceptors (Lipinski definition) is 2. The molecule has 0 radical (unpaired) electrons. The van der Waals surface area contributed by atoms with Crippen molar-refractivity contribution in [1.29, 1.82) is 0 Å². The molecule has 0 aliphatic rings. The number of rotatable bonds is 2.